The Balaban J connectivity index is 1.91. The molecule has 124 valence electrons. The quantitative estimate of drug-likeness (QED) is 0.498. The average molecular weight is 336 g/mol. The third-order valence-corrected chi connectivity index (χ3v) is 4.02. The van der Waals surface area contributed by atoms with E-state index in [1.807, 2.05) is 78.9 Å². The lowest BCUT2D eigenvalue weighted by molar-refractivity contribution is 0.415. The van der Waals surface area contributed by atoms with Gasteiger partial charge in [0.05, 0.1) is 18.1 Å². The van der Waals surface area contributed by atoms with E-state index in [9.17, 15) is 0 Å². The van der Waals surface area contributed by atoms with Crippen LogP contribution in [0.15, 0.2) is 78.9 Å². The van der Waals surface area contributed by atoms with E-state index in [1.54, 1.807) is 7.11 Å². The van der Waals surface area contributed by atoms with Crippen LogP contribution < -0.4 is 4.74 Å². The number of fused-ring (bicyclic) bond motifs is 1. The van der Waals surface area contributed by atoms with Crippen molar-refractivity contribution in [2.24, 2.45) is 0 Å². The van der Waals surface area contributed by atoms with Crippen molar-refractivity contribution < 1.29 is 4.74 Å². The molecule has 3 nitrogen and oxygen atoms in total. The summed E-state index contributed by atoms with van der Waals surface area (Å²) in [6.07, 6.45) is 0. The number of hydrogen-bond donors (Lipinski definition) is 0. The fourth-order valence-corrected chi connectivity index (χ4v) is 2.70. The largest absolute Gasteiger partial charge is 0.497 e. The minimum absolute atomic E-state index is 0.665. The van der Waals surface area contributed by atoms with Crippen LogP contribution in [-0.2, 0) is 0 Å². The fourth-order valence-electron chi connectivity index (χ4n) is 2.70. The van der Waals surface area contributed by atoms with Gasteiger partial charge in [-0.2, -0.15) is 0 Å². The molecular formula is C23H16N2O. The molecule has 26 heavy (non-hydrogen) atoms. The minimum atomic E-state index is 0.665. The van der Waals surface area contributed by atoms with Crippen LogP contribution in [0.5, 0.6) is 5.75 Å². The lowest BCUT2D eigenvalue weighted by atomic mass is 10.1. The molecule has 0 radical (unpaired) electrons. The van der Waals surface area contributed by atoms with Gasteiger partial charge in [0.25, 0.3) is 0 Å². The van der Waals surface area contributed by atoms with Crippen LogP contribution in [0, 0.1) is 11.8 Å². The zero-order chi connectivity index (χ0) is 17.8. The second-order valence-corrected chi connectivity index (χ2v) is 5.76. The predicted octanol–water partition coefficient (Wildman–Crippen LogP) is 4.71. The van der Waals surface area contributed by atoms with E-state index in [0.29, 0.717) is 5.69 Å². The standard InChI is InChI=1S/C23H16N2O/c1-26-19-13-15-20-22(16-19)25-23(18-10-6-3-7-11-18)21(24-20)14-12-17-8-4-2-5-9-17/h2-11,13,15-16H,1H3. The van der Waals surface area contributed by atoms with Crippen LogP contribution >= 0.6 is 0 Å². The molecule has 0 unspecified atom stereocenters. The van der Waals surface area contributed by atoms with Gasteiger partial charge in [0, 0.05) is 17.2 Å². The maximum atomic E-state index is 5.31. The molecular weight excluding hydrogens is 320 g/mol. The van der Waals surface area contributed by atoms with E-state index >= 15 is 0 Å². The van der Waals surface area contributed by atoms with Gasteiger partial charge >= 0.3 is 0 Å². The molecule has 0 aliphatic carbocycles. The second kappa shape index (κ2) is 7.08. The highest BCUT2D eigenvalue weighted by atomic mass is 16.5. The molecule has 1 heterocycles. The predicted molar refractivity (Wildman–Crippen MR) is 104 cm³/mol. The Morgan fingerprint density at radius 3 is 2.19 bits per heavy atom. The smallest absolute Gasteiger partial charge is 0.140 e. The highest BCUT2D eigenvalue weighted by Crippen LogP contribution is 2.25. The summed E-state index contributed by atoms with van der Waals surface area (Å²) < 4.78 is 5.31. The van der Waals surface area contributed by atoms with Gasteiger partial charge in [0.15, 0.2) is 0 Å². The van der Waals surface area contributed by atoms with Gasteiger partial charge in [-0.3, -0.25) is 0 Å². The maximum Gasteiger partial charge on any atom is 0.140 e. The molecule has 0 atom stereocenters. The second-order valence-electron chi connectivity index (χ2n) is 5.76. The number of aromatic nitrogens is 2. The van der Waals surface area contributed by atoms with Crippen LogP contribution in [0.3, 0.4) is 0 Å². The highest BCUT2D eigenvalue weighted by molar-refractivity contribution is 5.81. The molecule has 0 fully saturated rings. The maximum absolute atomic E-state index is 5.31. The Bertz CT molecular complexity index is 1110. The summed E-state index contributed by atoms with van der Waals surface area (Å²) in [4.78, 5) is 9.57. The zero-order valence-corrected chi connectivity index (χ0v) is 14.3. The molecule has 0 N–H and O–H groups in total. The van der Waals surface area contributed by atoms with E-state index in [4.69, 9.17) is 14.7 Å². The molecule has 3 heteroatoms. The molecule has 0 amide bonds. The number of benzene rings is 3. The van der Waals surface area contributed by atoms with Crippen molar-refractivity contribution in [2.45, 2.75) is 0 Å². The van der Waals surface area contributed by atoms with Gasteiger partial charge in [-0.05, 0) is 30.2 Å². The van der Waals surface area contributed by atoms with Crippen LogP contribution in [0.2, 0.25) is 0 Å². The average Bonchev–Trinajstić information content (AvgIpc) is 2.72. The summed E-state index contributed by atoms with van der Waals surface area (Å²) in [5.74, 6) is 7.13. The molecule has 0 aliphatic rings. The van der Waals surface area contributed by atoms with Gasteiger partial charge in [0.1, 0.15) is 17.1 Å². The summed E-state index contributed by atoms with van der Waals surface area (Å²) in [6.45, 7) is 0. The van der Waals surface area contributed by atoms with E-state index < -0.39 is 0 Å². The van der Waals surface area contributed by atoms with Crippen molar-refractivity contribution in [2.75, 3.05) is 7.11 Å². The van der Waals surface area contributed by atoms with Crippen LogP contribution in [0.25, 0.3) is 22.3 Å². The van der Waals surface area contributed by atoms with Gasteiger partial charge in [-0.15, -0.1) is 0 Å². The number of hydrogen-bond acceptors (Lipinski definition) is 3. The van der Waals surface area contributed by atoms with Crippen molar-refractivity contribution in [3.8, 4) is 28.8 Å². The third kappa shape index (κ3) is 3.26. The van der Waals surface area contributed by atoms with Gasteiger partial charge in [-0.1, -0.05) is 54.5 Å². The molecule has 0 bridgehead atoms. The Morgan fingerprint density at radius 2 is 1.46 bits per heavy atom. The molecule has 4 aromatic rings. The number of rotatable bonds is 2. The molecule has 1 aromatic heterocycles. The normalized spacial score (nSPS) is 10.2. The van der Waals surface area contributed by atoms with Gasteiger partial charge < -0.3 is 4.74 Å². The Labute approximate surface area is 152 Å². The first kappa shape index (κ1) is 15.9. The van der Waals surface area contributed by atoms with E-state index in [2.05, 4.69) is 11.8 Å². The zero-order valence-electron chi connectivity index (χ0n) is 14.3. The van der Waals surface area contributed by atoms with Crippen LogP contribution in [-0.4, -0.2) is 17.1 Å². The van der Waals surface area contributed by atoms with Crippen molar-refractivity contribution in [1.82, 2.24) is 9.97 Å². The fraction of sp³-hybridized carbons (Fsp3) is 0.0435. The Morgan fingerprint density at radius 1 is 0.731 bits per heavy atom. The Kier molecular flexibility index (Phi) is 4.32. The van der Waals surface area contributed by atoms with Crippen molar-refractivity contribution in [3.63, 3.8) is 0 Å². The molecule has 0 aliphatic heterocycles. The van der Waals surface area contributed by atoms with Gasteiger partial charge in [0.2, 0.25) is 0 Å². The van der Waals surface area contributed by atoms with E-state index in [1.165, 1.54) is 0 Å². The van der Waals surface area contributed by atoms with E-state index in [-0.39, 0.29) is 0 Å². The highest BCUT2D eigenvalue weighted by Gasteiger charge is 2.10. The molecule has 3 aromatic carbocycles. The molecule has 4 rings (SSSR count). The summed E-state index contributed by atoms with van der Waals surface area (Å²) in [7, 11) is 1.65. The first-order chi connectivity index (χ1) is 12.8. The van der Waals surface area contributed by atoms with Crippen molar-refractivity contribution in [1.29, 1.82) is 0 Å². The summed E-state index contributed by atoms with van der Waals surface area (Å²) >= 11 is 0. The van der Waals surface area contributed by atoms with Crippen LogP contribution in [0.4, 0.5) is 0 Å². The monoisotopic (exact) mass is 336 g/mol. The summed E-state index contributed by atoms with van der Waals surface area (Å²) in [5, 5.41) is 0. The first-order valence-corrected chi connectivity index (χ1v) is 8.32. The van der Waals surface area contributed by atoms with Gasteiger partial charge in [-0.25, -0.2) is 9.97 Å². The molecule has 0 spiro atoms. The minimum Gasteiger partial charge on any atom is -0.497 e. The number of nitrogens with zero attached hydrogens (tertiary/aromatic N) is 2. The topological polar surface area (TPSA) is 35.0 Å². The number of methoxy groups -OCH3 is 1. The molecule has 0 saturated heterocycles. The SMILES string of the molecule is COc1ccc2nc(C#Cc3ccccc3)c(-c3ccccc3)nc2c1. The first-order valence-electron chi connectivity index (χ1n) is 8.32. The lowest BCUT2D eigenvalue weighted by Gasteiger charge is -2.07. The summed E-state index contributed by atoms with van der Waals surface area (Å²) in [5.41, 5.74) is 4.95. The van der Waals surface area contributed by atoms with Crippen molar-refractivity contribution >= 4 is 11.0 Å². The van der Waals surface area contributed by atoms with E-state index in [0.717, 1.165) is 33.6 Å². The molecule has 0 saturated carbocycles. The lowest BCUT2D eigenvalue weighted by Crippen LogP contribution is -1.96. The summed E-state index contributed by atoms with van der Waals surface area (Å²) in [6, 6.07) is 25.6. The Hall–Kier alpha value is -3.64. The van der Waals surface area contributed by atoms with Crippen LogP contribution in [0.1, 0.15) is 11.3 Å². The third-order valence-electron chi connectivity index (χ3n) is 4.02. The number of ether oxygens (including phenoxy) is 1. The van der Waals surface area contributed by atoms with Crippen molar-refractivity contribution in [3.05, 3.63) is 90.1 Å².